The van der Waals surface area contributed by atoms with Crippen LogP contribution in [0.3, 0.4) is 0 Å². The fourth-order valence-electron chi connectivity index (χ4n) is 2.47. The first-order valence-electron chi connectivity index (χ1n) is 8.61. The van der Waals surface area contributed by atoms with Crippen LogP contribution in [-0.2, 0) is 4.79 Å². The van der Waals surface area contributed by atoms with Gasteiger partial charge in [0.2, 0.25) is 5.91 Å². The molecule has 1 amide bonds. The summed E-state index contributed by atoms with van der Waals surface area (Å²) in [6.07, 6.45) is 0. The quantitative estimate of drug-likeness (QED) is 0.342. The molecule has 0 saturated heterocycles. The lowest BCUT2D eigenvalue weighted by Crippen LogP contribution is -2.48. The fourth-order valence-corrected chi connectivity index (χ4v) is 2.47. The Labute approximate surface area is 172 Å². The van der Waals surface area contributed by atoms with Gasteiger partial charge in [0.05, 0.1) is 11.5 Å². The normalized spacial score (nSPS) is 13.0. The van der Waals surface area contributed by atoms with Crippen LogP contribution in [0.4, 0.5) is 0 Å². The van der Waals surface area contributed by atoms with Gasteiger partial charge in [0, 0.05) is 25.5 Å². The van der Waals surface area contributed by atoms with Crippen LogP contribution in [0, 0.1) is 5.41 Å². The predicted molar refractivity (Wildman–Crippen MR) is 117 cm³/mol. The number of para-hydroxylation sites is 1. The number of nitrogens with one attached hydrogen (secondary N) is 3. The molecule has 0 aliphatic rings. The minimum atomic E-state index is -0.532. The molecule has 0 fully saturated rings. The maximum Gasteiger partial charge on any atom is 0.227 e. The summed E-state index contributed by atoms with van der Waals surface area (Å²) in [6.45, 7) is 8.84. The molecule has 0 spiro atoms. The highest BCUT2D eigenvalue weighted by molar-refractivity contribution is 14.0. The van der Waals surface area contributed by atoms with Gasteiger partial charge in [-0.1, -0.05) is 18.2 Å². The molecule has 3 N–H and O–H groups in total. The molecule has 26 heavy (non-hydrogen) atoms. The van der Waals surface area contributed by atoms with Crippen LogP contribution in [0.2, 0.25) is 0 Å². The highest BCUT2D eigenvalue weighted by atomic mass is 127. The first-order chi connectivity index (χ1) is 11.9. The van der Waals surface area contributed by atoms with Gasteiger partial charge in [-0.15, -0.1) is 24.0 Å². The van der Waals surface area contributed by atoms with E-state index in [-0.39, 0.29) is 35.9 Å². The zero-order valence-electron chi connectivity index (χ0n) is 16.1. The Balaban J connectivity index is 0.00000338. The van der Waals surface area contributed by atoms with Gasteiger partial charge in [-0.25, -0.2) is 0 Å². The Bertz CT molecular complexity index is 722. The van der Waals surface area contributed by atoms with Crippen molar-refractivity contribution in [2.24, 2.45) is 10.4 Å². The average molecular weight is 472 g/mol. The van der Waals surface area contributed by atoms with Gasteiger partial charge in [-0.3, -0.25) is 9.79 Å². The molecule has 2 aromatic rings. The predicted octanol–water partition coefficient (Wildman–Crippen LogP) is 3.44. The number of guanidine groups is 1. The summed E-state index contributed by atoms with van der Waals surface area (Å²) in [7, 11) is 1.71. The molecule has 1 atom stereocenters. The maximum atomic E-state index is 12.1. The number of carbonyl (C=O) groups excluding carboxylic acids is 1. The molecule has 0 bridgehead atoms. The van der Waals surface area contributed by atoms with Gasteiger partial charge in [0.15, 0.2) is 5.96 Å². The number of fused-ring (bicyclic) bond motifs is 1. The summed E-state index contributed by atoms with van der Waals surface area (Å²) in [5.41, 5.74) is 0.336. The van der Waals surface area contributed by atoms with Crippen LogP contribution in [0.25, 0.3) is 11.0 Å². The number of benzene rings is 1. The van der Waals surface area contributed by atoms with Crippen LogP contribution < -0.4 is 16.0 Å². The van der Waals surface area contributed by atoms with E-state index in [0.717, 1.165) is 16.7 Å². The number of carbonyl (C=O) groups is 1. The van der Waals surface area contributed by atoms with Gasteiger partial charge in [0.1, 0.15) is 11.3 Å². The fraction of sp³-hybridized carbons (Fsp3) is 0.474. The Hall–Kier alpha value is -1.77. The van der Waals surface area contributed by atoms with Crippen LogP contribution in [0.1, 0.15) is 39.5 Å². The van der Waals surface area contributed by atoms with Crippen molar-refractivity contribution < 1.29 is 9.21 Å². The highest BCUT2D eigenvalue weighted by Gasteiger charge is 2.27. The van der Waals surface area contributed by atoms with E-state index in [1.54, 1.807) is 7.05 Å². The van der Waals surface area contributed by atoms with E-state index < -0.39 is 5.41 Å². The van der Waals surface area contributed by atoms with E-state index in [0.29, 0.717) is 19.0 Å². The third-order valence-electron chi connectivity index (χ3n) is 4.10. The Kier molecular flexibility index (Phi) is 8.39. The van der Waals surface area contributed by atoms with Crippen molar-refractivity contribution in [2.45, 2.75) is 33.7 Å². The summed E-state index contributed by atoms with van der Waals surface area (Å²) in [4.78, 5) is 16.3. The molecule has 1 heterocycles. The maximum absolute atomic E-state index is 12.1. The zero-order chi connectivity index (χ0) is 18.4. The molecule has 144 valence electrons. The zero-order valence-corrected chi connectivity index (χ0v) is 18.4. The molecule has 0 aliphatic carbocycles. The van der Waals surface area contributed by atoms with Gasteiger partial charge >= 0.3 is 0 Å². The molecular weight excluding hydrogens is 443 g/mol. The molecule has 2 rings (SSSR count). The standard InChI is InChI=1S/C19H28N4O2.HI/c1-6-21-17(24)19(3,4)12-22-18(20-5)23-13(2)16-11-14-9-7-8-10-15(14)25-16;/h7-11,13H,6,12H2,1-5H3,(H,21,24)(H2,20,22,23);1H. The number of nitrogens with zero attached hydrogens (tertiary/aromatic N) is 1. The van der Waals surface area contributed by atoms with Gasteiger partial charge in [-0.05, 0) is 39.8 Å². The molecule has 0 radical (unpaired) electrons. The van der Waals surface area contributed by atoms with Crippen molar-refractivity contribution in [1.29, 1.82) is 0 Å². The number of amides is 1. The minimum Gasteiger partial charge on any atom is -0.459 e. The van der Waals surface area contributed by atoms with Crippen molar-refractivity contribution >= 4 is 46.8 Å². The lowest BCUT2D eigenvalue weighted by atomic mass is 9.92. The number of halogens is 1. The minimum absolute atomic E-state index is 0. The van der Waals surface area contributed by atoms with E-state index in [1.165, 1.54) is 0 Å². The number of rotatable bonds is 6. The lowest BCUT2D eigenvalue weighted by molar-refractivity contribution is -0.128. The average Bonchev–Trinajstić information content (AvgIpc) is 3.03. The summed E-state index contributed by atoms with van der Waals surface area (Å²) in [5.74, 6) is 1.49. The SMILES string of the molecule is CCNC(=O)C(C)(C)CNC(=NC)NC(C)c1cc2ccccc2o1.I. The number of aliphatic imine (C=N–C) groups is 1. The molecule has 6 nitrogen and oxygen atoms in total. The van der Waals surface area contributed by atoms with E-state index in [9.17, 15) is 4.79 Å². The topological polar surface area (TPSA) is 78.7 Å². The number of furan rings is 1. The molecule has 7 heteroatoms. The third kappa shape index (κ3) is 5.62. The molecule has 0 saturated carbocycles. The second-order valence-electron chi connectivity index (χ2n) is 6.72. The summed E-state index contributed by atoms with van der Waals surface area (Å²) < 4.78 is 5.88. The second kappa shape index (κ2) is 9.80. The number of hydrogen-bond acceptors (Lipinski definition) is 3. The van der Waals surface area contributed by atoms with E-state index in [2.05, 4.69) is 20.9 Å². The van der Waals surface area contributed by atoms with Crippen LogP contribution in [-0.4, -0.2) is 32.0 Å². The van der Waals surface area contributed by atoms with Crippen molar-refractivity contribution in [3.63, 3.8) is 0 Å². The lowest BCUT2D eigenvalue weighted by Gasteiger charge is -2.25. The van der Waals surface area contributed by atoms with Crippen LogP contribution in [0.5, 0.6) is 0 Å². The molecule has 1 aromatic heterocycles. The highest BCUT2D eigenvalue weighted by Crippen LogP contribution is 2.23. The molecule has 1 aromatic carbocycles. The monoisotopic (exact) mass is 472 g/mol. The second-order valence-corrected chi connectivity index (χ2v) is 6.72. The summed E-state index contributed by atoms with van der Waals surface area (Å²) in [5, 5.41) is 10.5. The van der Waals surface area contributed by atoms with E-state index in [4.69, 9.17) is 4.42 Å². The summed E-state index contributed by atoms with van der Waals surface area (Å²) >= 11 is 0. The van der Waals surface area contributed by atoms with Gasteiger partial charge in [-0.2, -0.15) is 0 Å². The number of hydrogen-bond donors (Lipinski definition) is 3. The Morgan fingerprint density at radius 3 is 2.58 bits per heavy atom. The third-order valence-corrected chi connectivity index (χ3v) is 4.10. The smallest absolute Gasteiger partial charge is 0.227 e. The van der Waals surface area contributed by atoms with Crippen molar-refractivity contribution in [3.8, 4) is 0 Å². The van der Waals surface area contributed by atoms with Gasteiger partial charge in [0.25, 0.3) is 0 Å². The van der Waals surface area contributed by atoms with Crippen LogP contribution >= 0.6 is 24.0 Å². The van der Waals surface area contributed by atoms with Gasteiger partial charge < -0.3 is 20.4 Å². The summed E-state index contributed by atoms with van der Waals surface area (Å²) in [6, 6.07) is 9.90. The molecule has 1 unspecified atom stereocenters. The van der Waals surface area contributed by atoms with Crippen molar-refractivity contribution in [2.75, 3.05) is 20.1 Å². The molecule has 0 aliphatic heterocycles. The van der Waals surface area contributed by atoms with E-state index >= 15 is 0 Å². The van der Waals surface area contributed by atoms with Crippen LogP contribution in [0.15, 0.2) is 39.7 Å². The van der Waals surface area contributed by atoms with Crippen molar-refractivity contribution in [3.05, 3.63) is 36.1 Å². The largest absolute Gasteiger partial charge is 0.459 e. The Morgan fingerprint density at radius 2 is 1.96 bits per heavy atom. The first kappa shape index (κ1) is 22.3. The molecular formula is C19H29IN4O2. The first-order valence-corrected chi connectivity index (χ1v) is 8.61. The Morgan fingerprint density at radius 1 is 1.27 bits per heavy atom. The van der Waals surface area contributed by atoms with Crippen molar-refractivity contribution in [1.82, 2.24) is 16.0 Å². The van der Waals surface area contributed by atoms with E-state index in [1.807, 2.05) is 58.0 Å².